The number of nitrogens with one attached hydrogen (secondary N) is 1. The summed E-state index contributed by atoms with van der Waals surface area (Å²) in [5, 5.41) is 3.36. The molecule has 1 saturated carbocycles. The molecule has 7 nitrogen and oxygen atoms in total. The van der Waals surface area contributed by atoms with Crippen molar-refractivity contribution >= 4 is 11.9 Å². The van der Waals surface area contributed by atoms with Crippen LogP contribution in [0.25, 0.3) is 0 Å². The van der Waals surface area contributed by atoms with E-state index in [2.05, 4.69) is 32.2 Å². The summed E-state index contributed by atoms with van der Waals surface area (Å²) in [6, 6.07) is 0.295. The monoisotopic (exact) mass is 324 g/mol. The zero-order valence-electron chi connectivity index (χ0n) is 13.6. The minimum atomic E-state index is -0.170. The second kappa shape index (κ2) is 5.81. The first-order chi connectivity index (χ1) is 11.7. The maximum Gasteiger partial charge on any atom is 0.257 e. The molecule has 3 heterocycles. The van der Waals surface area contributed by atoms with Crippen molar-refractivity contribution in [3.05, 3.63) is 42.2 Å². The average molecular weight is 324 g/mol. The Hall–Kier alpha value is -2.57. The molecule has 7 heteroatoms. The van der Waals surface area contributed by atoms with E-state index in [-0.39, 0.29) is 11.4 Å². The van der Waals surface area contributed by atoms with E-state index in [1.54, 1.807) is 12.4 Å². The Morgan fingerprint density at radius 3 is 2.50 bits per heavy atom. The summed E-state index contributed by atoms with van der Waals surface area (Å²) in [4.78, 5) is 31.2. The molecule has 2 aromatic heterocycles. The molecule has 1 aliphatic heterocycles. The first kappa shape index (κ1) is 15.0. The van der Waals surface area contributed by atoms with E-state index < -0.39 is 0 Å². The van der Waals surface area contributed by atoms with Crippen molar-refractivity contribution in [3.8, 4) is 0 Å². The first-order valence-corrected chi connectivity index (χ1v) is 8.35. The van der Waals surface area contributed by atoms with Crippen LogP contribution < -0.4 is 5.32 Å². The zero-order valence-corrected chi connectivity index (χ0v) is 13.6. The van der Waals surface area contributed by atoms with Gasteiger partial charge in [-0.25, -0.2) is 19.9 Å². The van der Waals surface area contributed by atoms with E-state index in [0.29, 0.717) is 17.6 Å². The Labute approximate surface area is 140 Å². The Morgan fingerprint density at radius 1 is 1.21 bits per heavy atom. The molecule has 0 bridgehead atoms. The van der Waals surface area contributed by atoms with Crippen molar-refractivity contribution in [1.29, 1.82) is 0 Å². The maximum atomic E-state index is 12.5. The maximum absolute atomic E-state index is 12.5. The molecular weight excluding hydrogens is 304 g/mol. The van der Waals surface area contributed by atoms with Gasteiger partial charge in [0.25, 0.3) is 5.91 Å². The van der Waals surface area contributed by atoms with Gasteiger partial charge < -0.3 is 10.2 Å². The van der Waals surface area contributed by atoms with E-state index in [1.165, 1.54) is 6.33 Å². The molecule has 2 aromatic rings. The molecule has 0 radical (unpaired) electrons. The molecule has 2 aliphatic rings. The second-order valence-electron chi connectivity index (χ2n) is 6.62. The molecule has 2 fully saturated rings. The largest absolute Gasteiger partial charge is 0.345 e. The van der Waals surface area contributed by atoms with Crippen molar-refractivity contribution in [2.75, 3.05) is 11.9 Å². The fourth-order valence-corrected chi connectivity index (χ4v) is 3.27. The van der Waals surface area contributed by atoms with Gasteiger partial charge in [-0.3, -0.25) is 4.79 Å². The highest BCUT2D eigenvalue weighted by Gasteiger charge is 2.45. The highest BCUT2D eigenvalue weighted by Crippen LogP contribution is 2.47. The fraction of sp³-hybridized carbons (Fsp3) is 0.471. The highest BCUT2D eigenvalue weighted by atomic mass is 16.2. The second-order valence-corrected chi connectivity index (χ2v) is 6.62. The molecule has 0 aromatic carbocycles. The summed E-state index contributed by atoms with van der Waals surface area (Å²) in [6.45, 7) is 2.90. The number of hydrogen-bond donors (Lipinski definition) is 1. The van der Waals surface area contributed by atoms with E-state index in [0.717, 1.165) is 37.8 Å². The molecule has 0 spiro atoms. The number of aromatic nitrogens is 4. The van der Waals surface area contributed by atoms with E-state index in [4.69, 9.17) is 0 Å². The lowest BCUT2D eigenvalue weighted by atomic mass is 10.1. The van der Waals surface area contributed by atoms with E-state index in [1.807, 2.05) is 17.3 Å². The van der Waals surface area contributed by atoms with Gasteiger partial charge in [-0.15, -0.1) is 0 Å². The quantitative estimate of drug-likeness (QED) is 0.926. The lowest BCUT2D eigenvalue weighted by Gasteiger charge is -2.21. The molecule has 1 saturated heterocycles. The molecule has 1 N–H and O–H groups in total. The van der Waals surface area contributed by atoms with Crippen LogP contribution in [0, 0.1) is 0 Å². The SMILES string of the molecule is C[C@@H]1CCCN1C(=O)c1cnc(NC2(c3cncnc3)CC2)nc1. The normalized spacial score (nSPS) is 21.5. The molecule has 124 valence electrons. The van der Waals surface area contributed by atoms with Gasteiger partial charge in [0.15, 0.2) is 0 Å². The number of likely N-dealkylation sites (tertiary alicyclic amines) is 1. The number of hydrogen-bond acceptors (Lipinski definition) is 6. The van der Waals surface area contributed by atoms with Gasteiger partial charge in [-0.05, 0) is 32.6 Å². The van der Waals surface area contributed by atoms with Gasteiger partial charge in [0.1, 0.15) is 6.33 Å². The van der Waals surface area contributed by atoms with Crippen molar-refractivity contribution in [2.24, 2.45) is 0 Å². The Kier molecular flexibility index (Phi) is 3.63. The van der Waals surface area contributed by atoms with Crippen LogP contribution in [-0.4, -0.2) is 43.3 Å². The van der Waals surface area contributed by atoms with Gasteiger partial charge >= 0.3 is 0 Å². The van der Waals surface area contributed by atoms with Crippen LogP contribution in [-0.2, 0) is 5.54 Å². The predicted molar refractivity (Wildman–Crippen MR) is 88.3 cm³/mol. The number of amides is 1. The third kappa shape index (κ3) is 2.70. The lowest BCUT2D eigenvalue weighted by molar-refractivity contribution is 0.0746. The lowest BCUT2D eigenvalue weighted by Crippen LogP contribution is -2.33. The number of nitrogens with zero attached hydrogens (tertiary/aromatic N) is 5. The molecule has 1 aliphatic carbocycles. The Balaban J connectivity index is 1.48. The highest BCUT2D eigenvalue weighted by molar-refractivity contribution is 5.94. The molecule has 24 heavy (non-hydrogen) atoms. The topological polar surface area (TPSA) is 83.9 Å². The minimum absolute atomic E-state index is 0.0177. The van der Waals surface area contributed by atoms with Crippen molar-refractivity contribution in [1.82, 2.24) is 24.8 Å². The Morgan fingerprint density at radius 2 is 1.92 bits per heavy atom. The summed E-state index contributed by atoms with van der Waals surface area (Å²) in [7, 11) is 0. The minimum Gasteiger partial charge on any atom is -0.345 e. The van der Waals surface area contributed by atoms with Gasteiger partial charge in [0.05, 0.1) is 11.1 Å². The smallest absolute Gasteiger partial charge is 0.257 e. The van der Waals surface area contributed by atoms with Gasteiger partial charge in [-0.2, -0.15) is 0 Å². The zero-order chi connectivity index (χ0) is 16.6. The molecular formula is C17H20N6O. The van der Waals surface area contributed by atoms with E-state index in [9.17, 15) is 4.79 Å². The molecule has 0 unspecified atom stereocenters. The summed E-state index contributed by atoms with van der Waals surface area (Å²) in [5.74, 6) is 0.548. The number of carbonyl (C=O) groups excluding carboxylic acids is 1. The van der Waals surface area contributed by atoms with Crippen molar-refractivity contribution < 1.29 is 4.79 Å². The average Bonchev–Trinajstić information content (AvgIpc) is 3.28. The van der Waals surface area contributed by atoms with Crippen LogP contribution in [0.4, 0.5) is 5.95 Å². The van der Waals surface area contributed by atoms with Gasteiger partial charge in [0, 0.05) is 42.9 Å². The van der Waals surface area contributed by atoms with Crippen LogP contribution >= 0.6 is 0 Å². The summed E-state index contributed by atoms with van der Waals surface area (Å²) >= 11 is 0. The van der Waals surface area contributed by atoms with Crippen LogP contribution in [0.5, 0.6) is 0 Å². The first-order valence-electron chi connectivity index (χ1n) is 8.35. The van der Waals surface area contributed by atoms with Crippen LogP contribution in [0.1, 0.15) is 48.5 Å². The number of carbonyl (C=O) groups is 1. The molecule has 1 amide bonds. The molecule has 1 atom stereocenters. The Bertz CT molecular complexity index is 729. The standard InChI is InChI=1S/C17H20N6O/c1-12-3-2-6-23(12)15(24)13-7-20-16(21-8-13)22-17(4-5-17)14-9-18-11-19-10-14/h7-12H,2-6H2,1H3,(H,20,21,22)/t12-/m1/s1. The van der Waals surface area contributed by atoms with Gasteiger partial charge in [0.2, 0.25) is 5.95 Å². The predicted octanol–water partition coefficient (Wildman–Crippen LogP) is 1.99. The van der Waals surface area contributed by atoms with Crippen molar-refractivity contribution in [3.63, 3.8) is 0 Å². The van der Waals surface area contributed by atoms with Crippen molar-refractivity contribution in [2.45, 2.75) is 44.2 Å². The molecule has 4 rings (SSSR count). The number of rotatable bonds is 4. The fourth-order valence-electron chi connectivity index (χ4n) is 3.27. The van der Waals surface area contributed by atoms with E-state index >= 15 is 0 Å². The third-order valence-corrected chi connectivity index (χ3v) is 4.93. The van der Waals surface area contributed by atoms with Crippen LogP contribution in [0.15, 0.2) is 31.1 Å². The van der Waals surface area contributed by atoms with Crippen LogP contribution in [0.2, 0.25) is 0 Å². The van der Waals surface area contributed by atoms with Crippen LogP contribution in [0.3, 0.4) is 0 Å². The summed E-state index contributed by atoms with van der Waals surface area (Å²) < 4.78 is 0. The van der Waals surface area contributed by atoms with Gasteiger partial charge in [-0.1, -0.05) is 0 Å². The third-order valence-electron chi connectivity index (χ3n) is 4.93. The summed E-state index contributed by atoms with van der Waals surface area (Å²) in [6.07, 6.45) is 12.5. The number of anilines is 1. The summed E-state index contributed by atoms with van der Waals surface area (Å²) in [5.41, 5.74) is 1.41.